The smallest absolute Gasteiger partial charge is 0.338 e. The minimum atomic E-state index is -0.944. The molecule has 1 aliphatic heterocycles. The van der Waals surface area contributed by atoms with Gasteiger partial charge in [-0.3, -0.25) is 4.79 Å². The number of carbonyl (C=O) groups is 2. The summed E-state index contributed by atoms with van der Waals surface area (Å²) < 4.78 is 4.97. The number of esters is 1. The number of hydrogen-bond acceptors (Lipinski definition) is 5. The standard InChI is InChI=1S/C20H18N2O3/c1-12-6-5-9-15(17(12)19(24)25-2)16-11-21-22-20(16)10-13-7-3-4-8-14(13)18(20)23/h3-9,16H,10-11H2,1-2H3/t16-,20+/m0/s1. The molecule has 0 N–H and O–H groups in total. The van der Waals surface area contributed by atoms with Gasteiger partial charge in [-0.2, -0.15) is 10.2 Å². The third kappa shape index (κ3) is 2.15. The van der Waals surface area contributed by atoms with E-state index in [0.29, 0.717) is 24.1 Å². The van der Waals surface area contributed by atoms with E-state index in [4.69, 9.17) is 4.74 Å². The average Bonchev–Trinajstić information content (AvgIpc) is 3.17. The lowest BCUT2D eigenvalue weighted by Crippen LogP contribution is -2.39. The van der Waals surface area contributed by atoms with Crippen molar-refractivity contribution in [2.24, 2.45) is 10.2 Å². The Morgan fingerprint density at radius 2 is 2.00 bits per heavy atom. The number of benzene rings is 2. The number of fused-ring (bicyclic) bond motifs is 1. The predicted molar refractivity (Wildman–Crippen MR) is 92.2 cm³/mol. The van der Waals surface area contributed by atoms with E-state index < -0.39 is 11.5 Å². The molecule has 0 aromatic heterocycles. The fourth-order valence-electron chi connectivity index (χ4n) is 4.05. The summed E-state index contributed by atoms with van der Waals surface area (Å²) in [6.45, 7) is 2.27. The number of hydrogen-bond donors (Lipinski definition) is 0. The number of Topliss-reactive ketones (excluding diaryl/α,β-unsaturated/α-hetero) is 1. The van der Waals surface area contributed by atoms with Gasteiger partial charge < -0.3 is 4.74 Å². The predicted octanol–water partition coefficient (Wildman–Crippen LogP) is 3.51. The van der Waals surface area contributed by atoms with Gasteiger partial charge in [0.1, 0.15) is 0 Å². The Hall–Kier alpha value is -2.82. The second-order valence-electron chi connectivity index (χ2n) is 6.59. The van der Waals surface area contributed by atoms with Gasteiger partial charge in [-0.05, 0) is 23.6 Å². The van der Waals surface area contributed by atoms with E-state index in [-0.39, 0.29) is 11.7 Å². The van der Waals surface area contributed by atoms with Gasteiger partial charge in [0.15, 0.2) is 11.3 Å². The average molecular weight is 334 g/mol. The van der Waals surface area contributed by atoms with Gasteiger partial charge in [-0.25, -0.2) is 4.79 Å². The van der Waals surface area contributed by atoms with Crippen LogP contribution in [-0.2, 0) is 11.2 Å². The van der Waals surface area contributed by atoms with Gasteiger partial charge in [-0.15, -0.1) is 0 Å². The zero-order chi connectivity index (χ0) is 17.6. The minimum Gasteiger partial charge on any atom is -0.465 e. The number of azo groups is 1. The Morgan fingerprint density at radius 3 is 2.76 bits per heavy atom. The van der Waals surface area contributed by atoms with Crippen molar-refractivity contribution in [1.82, 2.24) is 0 Å². The van der Waals surface area contributed by atoms with E-state index in [0.717, 1.165) is 16.7 Å². The number of carbonyl (C=O) groups excluding carboxylic acids is 2. The van der Waals surface area contributed by atoms with Crippen LogP contribution in [0.15, 0.2) is 52.7 Å². The van der Waals surface area contributed by atoms with Crippen LogP contribution in [0.3, 0.4) is 0 Å². The fourth-order valence-corrected chi connectivity index (χ4v) is 4.05. The van der Waals surface area contributed by atoms with Crippen LogP contribution in [-0.4, -0.2) is 30.9 Å². The van der Waals surface area contributed by atoms with Crippen LogP contribution in [0.4, 0.5) is 0 Å². The number of rotatable bonds is 2. The molecule has 2 aromatic rings. The second kappa shape index (κ2) is 5.62. The molecular weight excluding hydrogens is 316 g/mol. The maximum Gasteiger partial charge on any atom is 0.338 e. The van der Waals surface area contributed by atoms with Crippen LogP contribution in [0.5, 0.6) is 0 Å². The van der Waals surface area contributed by atoms with E-state index in [1.165, 1.54) is 7.11 Å². The Balaban J connectivity index is 1.85. The van der Waals surface area contributed by atoms with Crippen molar-refractivity contribution in [2.45, 2.75) is 24.8 Å². The summed E-state index contributed by atoms with van der Waals surface area (Å²) in [7, 11) is 1.37. The van der Waals surface area contributed by atoms with Gasteiger partial charge in [0.05, 0.1) is 19.2 Å². The van der Waals surface area contributed by atoms with Crippen LogP contribution >= 0.6 is 0 Å². The molecule has 126 valence electrons. The zero-order valence-corrected chi connectivity index (χ0v) is 14.2. The van der Waals surface area contributed by atoms with Crippen molar-refractivity contribution in [2.75, 3.05) is 13.7 Å². The summed E-state index contributed by atoms with van der Waals surface area (Å²) >= 11 is 0. The monoisotopic (exact) mass is 334 g/mol. The molecular formula is C20H18N2O3. The van der Waals surface area contributed by atoms with Crippen molar-refractivity contribution in [1.29, 1.82) is 0 Å². The Bertz CT molecular complexity index is 919. The molecule has 0 fully saturated rings. The minimum absolute atomic E-state index is 0.00771. The third-order valence-corrected chi connectivity index (χ3v) is 5.27. The molecule has 0 radical (unpaired) electrons. The molecule has 0 bridgehead atoms. The van der Waals surface area contributed by atoms with Crippen molar-refractivity contribution in [3.8, 4) is 0 Å². The summed E-state index contributed by atoms with van der Waals surface area (Å²) in [5.41, 5.74) is 2.89. The lowest BCUT2D eigenvalue weighted by Gasteiger charge is -2.27. The van der Waals surface area contributed by atoms with Crippen LogP contribution in [0.25, 0.3) is 0 Å². The number of aryl methyl sites for hydroxylation is 1. The molecule has 0 saturated heterocycles. The molecule has 2 atom stereocenters. The molecule has 1 aliphatic carbocycles. The van der Waals surface area contributed by atoms with E-state index in [1.807, 2.05) is 49.4 Å². The topological polar surface area (TPSA) is 68.1 Å². The van der Waals surface area contributed by atoms with E-state index in [2.05, 4.69) is 10.2 Å². The fraction of sp³-hybridized carbons (Fsp3) is 0.300. The van der Waals surface area contributed by atoms with Gasteiger partial charge in [0, 0.05) is 17.9 Å². The summed E-state index contributed by atoms with van der Waals surface area (Å²) in [4.78, 5) is 25.5. The number of nitrogens with zero attached hydrogens (tertiary/aromatic N) is 2. The molecule has 5 nitrogen and oxygen atoms in total. The molecule has 4 rings (SSSR count). The SMILES string of the molecule is COC(=O)c1c(C)cccc1[C@@H]1CN=N[C@]12Cc1ccccc1C2=O. The molecule has 2 aliphatic rings. The highest BCUT2D eigenvalue weighted by atomic mass is 16.5. The van der Waals surface area contributed by atoms with Gasteiger partial charge in [0.2, 0.25) is 0 Å². The first-order chi connectivity index (χ1) is 12.1. The van der Waals surface area contributed by atoms with Crippen molar-refractivity contribution in [3.63, 3.8) is 0 Å². The highest BCUT2D eigenvalue weighted by molar-refractivity contribution is 6.09. The highest BCUT2D eigenvalue weighted by Gasteiger charge is 2.55. The normalized spacial score (nSPS) is 23.9. The first-order valence-electron chi connectivity index (χ1n) is 8.27. The Morgan fingerprint density at radius 1 is 1.20 bits per heavy atom. The van der Waals surface area contributed by atoms with Crippen molar-refractivity contribution < 1.29 is 14.3 Å². The largest absolute Gasteiger partial charge is 0.465 e. The number of ketones is 1. The number of methoxy groups -OCH3 is 1. The third-order valence-electron chi connectivity index (χ3n) is 5.27. The van der Waals surface area contributed by atoms with Crippen LogP contribution in [0.2, 0.25) is 0 Å². The molecule has 2 aromatic carbocycles. The van der Waals surface area contributed by atoms with Crippen molar-refractivity contribution in [3.05, 3.63) is 70.3 Å². The number of ether oxygens (including phenoxy) is 1. The Labute approximate surface area is 145 Å². The maximum absolute atomic E-state index is 13.2. The zero-order valence-electron chi connectivity index (χ0n) is 14.2. The van der Waals surface area contributed by atoms with E-state index >= 15 is 0 Å². The van der Waals surface area contributed by atoms with Crippen molar-refractivity contribution >= 4 is 11.8 Å². The van der Waals surface area contributed by atoms with E-state index in [1.54, 1.807) is 0 Å². The lowest BCUT2D eigenvalue weighted by molar-refractivity contribution is 0.0596. The molecule has 1 spiro atoms. The second-order valence-corrected chi connectivity index (χ2v) is 6.59. The first-order valence-corrected chi connectivity index (χ1v) is 8.27. The van der Waals surface area contributed by atoms with Crippen LogP contribution in [0.1, 0.15) is 43.3 Å². The molecule has 5 heteroatoms. The molecule has 0 unspecified atom stereocenters. The summed E-state index contributed by atoms with van der Waals surface area (Å²) in [5.74, 6) is -0.661. The summed E-state index contributed by atoms with van der Waals surface area (Å²) in [6.07, 6.45) is 0.519. The van der Waals surface area contributed by atoms with Gasteiger partial charge in [0.25, 0.3) is 0 Å². The lowest BCUT2D eigenvalue weighted by atomic mass is 9.75. The Kier molecular flexibility index (Phi) is 3.53. The summed E-state index contributed by atoms with van der Waals surface area (Å²) in [6, 6.07) is 13.3. The summed E-state index contributed by atoms with van der Waals surface area (Å²) in [5, 5.41) is 8.62. The van der Waals surface area contributed by atoms with Crippen LogP contribution < -0.4 is 0 Å². The van der Waals surface area contributed by atoms with Crippen LogP contribution in [0, 0.1) is 6.92 Å². The van der Waals surface area contributed by atoms with E-state index in [9.17, 15) is 9.59 Å². The maximum atomic E-state index is 13.2. The molecule has 0 saturated carbocycles. The van der Waals surface area contributed by atoms with Gasteiger partial charge >= 0.3 is 5.97 Å². The molecule has 0 amide bonds. The first kappa shape index (κ1) is 15.7. The molecule has 25 heavy (non-hydrogen) atoms. The van der Waals surface area contributed by atoms with Gasteiger partial charge in [-0.1, -0.05) is 42.5 Å². The quantitative estimate of drug-likeness (QED) is 0.789. The molecule has 1 heterocycles. The highest BCUT2D eigenvalue weighted by Crippen LogP contribution is 2.47.